The summed E-state index contributed by atoms with van der Waals surface area (Å²) in [7, 11) is 4.22. The van der Waals surface area contributed by atoms with Crippen molar-refractivity contribution < 1.29 is 5.11 Å². The number of aliphatic hydroxyl groups excluding tert-OH is 1. The molecule has 0 bridgehead atoms. The zero-order valence-corrected chi connectivity index (χ0v) is 13.8. The highest BCUT2D eigenvalue weighted by molar-refractivity contribution is 7.10. The predicted molar refractivity (Wildman–Crippen MR) is 87.0 cm³/mol. The summed E-state index contributed by atoms with van der Waals surface area (Å²) in [4.78, 5) is 6.06. The minimum Gasteiger partial charge on any atom is -0.384 e. The Bertz CT molecular complexity index is 443. The molecule has 0 atom stereocenters. The minimum absolute atomic E-state index is 0.0759. The van der Waals surface area contributed by atoms with Gasteiger partial charge in [-0.2, -0.15) is 0 Å². The molecule has 0 radical (unpaired) electrons. The van der Waals surface area contributed by atoms with Crippen LogP contribution in [-0.4, -0.2) is 55.2 Å². The molecule has 112 valence electrons. The molecule has 3 nitrogen and oxygen atoms in total. The third-order valence-corrected chi connectivity index (χ3v) is 3.75. The number of hydrogen-bond acceptors (Lipinski definition) is 4. The molecule has 1 aromatic rings. The Hall–Kier alpha value is -0.860. The van der Waals surface area contributed by atoms with Crippen molar-refractivity contribution in [2.45, 2.75) is 20.4 Å². The van der Waals surface area contributed by atoms with Gasteiger partial charge in [-0.25, -0.2) is 0 Å². The summed E-state index contributed by atoms with van der Waals surface area (Å²) in [6.45, 7) is 8.70. The SMILES string of the molecule is CC(C)CN(CCN(C)C)Cc1cc(C#CCO)cs1. The normalized spacial score (nSPS) is 11.2. The van der Waals surface area contributed by atoms with E-state index < -0.39 is 0 Å². The molecule has 20 heavy (non-hydrogen) atoms. The third kappa shape index (κ3) is 7.06. The first kappa shape index (κ1) is 17.2. The van der Waals surface area contributed by atoms with E-state index in [1.807, 2.05) is 0 Å². The fourth-order valence-corrected chi connectivity index (χ4v) is 2.84. The third-order valence-electron chi connectivity index (χ3n) is 2.83. The van der Waals surface area contributed by atoms with Gasteiger partial charge < -0.3 is 10.0 Å². The molecule has 0 unspecified atom stereocenters. The molecule has 1 heterocycles. The van der Waals surface area contributed by atoms with Crippen LogP contribution < -0.4 is 0 Å². The van der Waals surface area contributed by atoms with Crippen molar-refractivity contribution >= 4 is 11.3 Å². The van der Waals surface area contributed by atoms with E-state index in [0.717, 1.165) is 31.7 Å². The maximum absolute atomic E-state index is 8.72. The first-order valence-electron chi connectivity index (χ1n) is 7.05. The first-order valence-corrected chi connectivity index (χ1v) is 7.93. The number of hydrogen-bond donors (Lipinski definition) is 1. The van der Waals surface area contributed by atoms with E-state index in [-0.39, 0.29) is 6.61 Å². The zero-order chi connectivity index (χ0) is 15.0. The summed E-state index contributed by atoms with van der Waals surface area (Å²) in [6, 6.07) is 2.14. The van der Waals surface area contributed by atoms with Crippen LogP contribution in [-0.2, 0) is 6.54 Å². The Morgan fingerprint density at radius 1 is 1.30 bits per heavy atom. The maximum Gasteiger partial charge on any atom is 0.104 e. The molecule has 0 saturated heterocycles. The molecule has 1 rings (SSSR count). The van der Waals surface area contributed by atoms with Crippen LogP contribution in [0.4, 0.5) is 0 Å². The maximum atomic E-state index is 8.72. The standard InChI is InChI=1S/C16H26N2OS/c1-14(2)11-18(8-7-17(3)4)12-16-10-15(13-20-16)6-5-9-19/h10,13-14,19H,7-9,11-12H2,1-4H3. The van der Waals surface area contributed by atoms with Gasteiger partial charge in [0.15, 0.2) is 0 Å². The Balaban J connectivity index is 2.60. The van der Waals surface area contributed by atoms with Crippen LogP contribution in [0.5, 0.6) is 0 Å². The minimum atomic E-state index is -0.0759. The van der Waals surface area contributed by atoms with Crippen molar-refractivity contribution in [2.75, 3.05) is 40.3 Å². The molecular weight excluding hydrogens is 268 g/mol. The molecule has 0 spiro atoms. The smallest absolute Gasteiger partial charge is 0.104 e. The van der Waals surface area contributed by atoms with Crippen molar-refractivity contribution in [3.05, 3.63) is 21.9 Å². The first-order chi connectivity index (χ1) is 9.51. The van der Waals surface area contributed by atoms with Gasteiger partial charge in [0, 0.05) is 42.0 Å². The van der Waals surface area contributed by atoms with E-state index in [9.17, 15) is 0 Å². The summed E-state index contributed by atoms with van der Waals surface area (Å²) in [6.07, 6.45) is 0. The molecular formula is C16H26N2OS. The van der Waals surface area contributed by atoms with E-state index in [1.165, 1.54) is 4.88 Å². The number of thiophene rings is 1. The van der Waals surface area contributed by atoms with Crippen molar-refractivity contribution in [2.24, 2.45) is 5.92 Å². The fraction of sp³-hybridized carbons (Fsp3) is 0.625. The van der Waals surface area contributed by atoms with Crippen molar-refractivity contribution in [1.82, 2.24) is 9.80 Å². The second-order valence-electron chi connectivity index (χ2n) is 5.69. The molecule has 4 heteroatoms. The number of nitrogens with zero attached hydrogens (tertiary/aromatic N) is 2. The number of aliphatic hydroxyl groups is 1. The van der Waals surface area contributed by atoms with E-state index in [0.29, 0.717) is 5.92 Å². The molecule has 0 amide bonds. The summed E-state index contributed by atoms with van der Waals surface area (Å²) in [5.41, 5.74) is 1.01. The van der Waals surface area contributed by atoms with Gasteiger partial charge in [-0.15, -0.1) is 11.3 Å². The van der Waals surface area contributed by atoms with E-state index in [4.69, 9.17) is 5.11 Å². The number of likely N-dealkylation sites (N-methyl/N-ethyl adjacent to an activating group) is 1. The van der Waals surface area contributed by atoms with Gasteiger partial charge in [-0.1, -0.05) is 25.7 Å². The van der Waals surface area contributed by atoms with E-state index in [2.05, 4.69) is 61.0 Å². The summed E-state index contributed by atoms with van der Waals surface area (Å²) in [5, 5.41) is 10.8. The monoisotopic (exact) mass is 294 g/mol. The lowest BCUT2D eigenvalue weighted by molar-refractivity contribution is 0.213. The Morgan fingerprint density at radius 3 is 2.65 bits per heavy atom. The quantitative estimate of drug-likeness (QED) is 0.780. The van der Waals surface area contributed by atoms with Gasteiger partial charge in [0.05, 0.1) is 0 Å². The second-order valence-corrected chi connectivity index (χ2v) is 6.69. The molecule has 0 aliphatic heterocycles. The molecule has 0 saturated carbocycles. The van der Waals surface area contributed by atoms with Crippen LogP contribution in [0.15, 0.2) is 11.4 Å². The van der Waals surface area contributed by atoms with E-state index in [1.54, 1.807) is 11.3 Å². The molecule has 1 N–H and O–H groups in total. The average Bonchev–Trinajstić information content (AvgIpc) is 2.80. The van der Waals surface area contributed by atoms with Gasteiger partial charge in [0.1, 0.15) is 6.61 Å². The summed E-state index contributed by atoms with van der Waals surface area (Å²) < 4.78 is 0. The van der Waals surface area contributed by atoms with Gasteiger partial charge in [-0.05, 0) is 26.1 Å². The highest BCUT2D eigenvalue weighted by Gasteiger charge is 2.10. The highest BCUT2D eigenvalue weighted by atomic mass is 32.1. The second kappa shape index (κ2) is 9.15. The van der Waals surface area contributed by atoms with Gasteiger partial charge >= 0.3 is 0 Å². The lowest BCUT2D eigenvalue weighted by Crippen LogP contribution is -2.33. The van der Waals surface area contributed by atoms with Crippen molar-refractivity contribution in [1.29, 1.82) is 0 Å². The van der Waals surface area contributed by atoms with Crippen LogP contribution in [0, 0.1) is 17.8 Å². The fourth-order valence-electron chi connectivity index (χ4n) is 1.98. The molecule has 1 aromatic heterocycles. The highest BCUT2D eigenvalue weighted by Crippen LogP contribution is 2.17. The molecule has 0 aliphatic carbocycles. The van der Waals surface area contributed by atoms with Crippen molar-refractivity contribution in [3.8, 4) is 11.8 Å². The predicted octanol–water partition coefficient (Wildman–Crippen LogP) is 2.11. The average molecular weight is 294 g/mol. The zero-order valence-electron chi connectivity index (χ0n) is 13.0. The lowest BCUT2D eigenvalue weighted by atomic mass is 10.2. The van der Waals surface area contributed by atoms with Crippen LogP contribution in [0.1, 0.15) is 24.3 Å². The Kier molecular flexibility index (Phi) is 7.86. The van der Waals surface area contributed by atoms with Gasteiger partial charge in [-0.3, -0.25) is 4.90 Å². The molecule has 0 fully saturated rings. The van der Waals surface area contributed by atoms with Crippen LogP contribution >= 0.6 is 11.3 Å². The van der Waals surface area contributed by atoms with Crippen LogP contribution in [0.25, 0.3) is 0 Å². The molecule has 0 aromatic carbocycles. The summed E-state index contributed by atoms with van der Waals surface area (Å²) in [5.74, 6) is 6.33. The topological polar surface area (TPSA) is 26.7 Å². The van der Waals surface area contributed by atoms with Crippen molar-refractivity contribution in [3.63, 3.8) is 0 Å². The largest absolute Gasteiger partial charge is 0.384 e. The lowest BCUT2D eigenvalue weighted by Gasteiger charge is -2.25. The Labute approximate surface area is 127 Å². The van der Waals surface area contributed by atoms with Gasteiger partial charge in [0.2, 0.25) is 0 Å². The Morgan fingerprint density at radius 2 is 2.05 bits per heavy atom. The van der Waals surface area contributed by atoms with Gasteiger partial charge in [0.25, 0.3) is 0 Å². The van der Waals surface area contributed by atoms with Crippen LogP contribution in [0.2, 0.25) is 0 Å². The molecule has 0 aliphatic rings. The summed E-state index contributed by atoms with van der Waals surface area (Å²) >= 11 is 1.75. The van der Waals surface area contributed by atoms with E-state index >= 15 is 0 Å². The van der Waals surface area contributed by atoms with Crippen LogP contribution in [0.3, 0.4) is 0 Å². The number of rotatable bonds is 7.